The number of rotatable bonds is 4. The Labute approximate surface area is 152 Å². The zero-order valence-electron chi connectivity index (χ0n) is 14.0. The molecular weight excluding hydrogens is 322 g/mol. The van der Waals surface area contributed by atoms with Gasteiger partial charge in [0.05, 0.1) is 11.6 Å². The van der Waals surface area contributed by atoms with E-state index in [9.17, 15) is 9.59 Å². The van der Waals surface area contributed by atoms with Crippen molar-refractivity contribution in [2.24, 2.45) is 0 Å². The van der Waals surface area contributed by atoms with Crippen LogP contribution in [0.2, 0.25) is 0 Å². The molecule has 0 atom stereocenters. The Bertz CT molecular complexity index is 903. The van der Waals surface area contributed by atoms with Crippen LogP contribution in [0.4, 0.5) is 5.69 Å². The van der Waals surface area contributed by atoms with Gasteiger partial charge in [-0.3, -0.25) is 9.59 Å². The number of amides is 2. The summed E-state index contributed by atoms with van der Waals surface area (Å²) in [6.45, 7) is 0. The third-order valence-electron chi connectivity index (χ3n) is 4.35. The summed E-state index contributed by atoms with van der Waals surface area (Å²) >= 11 is 0. The fourth-order valence-electron chi connectivity index (χ4n) is 3.14. The Morgan fingerprint density at radius 1 is 0.538 bits per heavy atom. The lowest BCUT2D eigenvalue weighted by atomic mass is 9.85. The first kappa shape index (κ1) is 16.0. The number of hydrogen-bond donors (Lipinski definition) is 0. The van der Waals surface area contributed by atoms with Gasteiger partial charge in [-0.05, 0) is 28.8 Å². The van der Waals surface area contributed by atoms with Crippen LogP contribution in [-0.2, 0) is 9.59 Å². The molecule has 3 heteroatoms. The fraction of sp³-hybridized carbons (Fsp3) is 0. The normalized spacial score (nSPS) is 13.7. The molecule has 3 aromatic carbocycles. The quantitative estimate of drug-likeness (QED) is 0.530. The minimum atomic E-state index is -0.307. The minimum Gasteiger partial charge on any atom is -0.269 e. The highest BCUT2D eigenvalue weighted by Gasteiger charge is 2.25. The summed E-state index contributed by atoms with van der Waals surface area (Å²) in [6, 6.07) is 27.9. The van der Waals surface area contributed by atoms with Crippen molar-refractivity contribution < 1.29 is 9.59 Å². The van der Waals surface area contributed by atoms with Crippen molar-refractivity contribution in [1.29, 1.82) is 0 Å². The highest BCUT2D eigenvalue weighted by atomic mass is 16.2. The number of nitrogens with zero attached hydrogens (tertiary/aromatic N) is 1. The van der Waals surface area contributed by atoms with Gasteiger partial charge in [-0.15, -0.1) is 0 Å². The summed E-state index contributed by atoms with van der Waals surface area (Å²) in [5.41, 5.74) is 3.83. The smallest absolute Gasteiger partial charge is 0.258 e. The SMILES string of the molecule is O=C1C=CC(=O)N1c1ccc([C](c2ccccc2)c2ccccc2)cc1. The molecule has 3 nitrogen and oxygen atoms in total. The summed E-state index contributed by atoms with van der Waals surface area (Å²) in [7, 11) is 0. The van der Waals surface area contributed by atoms with Crippen molar-refractivity contribution in [3.63, 3.8) is 0 Å². The Kier molecular flexibility index (Phi) is 4.20. The molecule has 0 bridgehead atoms. The first-order chi connectivity index (χ1) is 12.7. The molecule has 1 radical (unpaired) electrons. The summed E-state index contributed by atoms with van der Waals surface area (Å²) < 4.78 is 0. The highest BCUT2D eigenvalue weighted by Crippen LogP contribution is 2.32. The van der Waals surface area contributed by atoms with Crippen LogP contribution in [-0.4, -0.2) is 11.8 Å². The zero-order chi connectivity index (χ0) is 17.9. The fourth-order valence-corrected chi connectivity index (χ4v) is 3.14. The molecule has 1 heterocycles. The molecule has 0 saturated carbocycles. The predicted octanol–water partition coefficient (Wildman–Crippen LogP) is 4.14. The van der Waals surface area contributed by atoms with Crippen LogP contribution < -0.4 is 4.90 Å². The van der Waals surface area contributed by atoms with E-state index in [0.29, 0.717) is 5.69 Å². The lowest BCUT2D eigenvalue weighted by Gasteiger charge is -2.19. The molecule has 0 N–H and O–H groups in total. The number of carbonyl (C=O) groups is 2. The van der Waals surface area contributed by atoms with Crippen LogP contribution in [0.1, 0.15) is 16.7 Å². The van der Waals surface area contributed by atoms with E-state index in [1.54, 1.807) is 0 Å². The summed E-state index contributed by atoms with van der Waals surface area (Å²) in [6.07, 6.45) is 2.59. The second kappa shape index (κ2) is 6.81. The van der Waals surface area contributed by atoms with E-state index in [0.717, 1.165) is 22.6 Å². The van der Waals surface area contributed by atoms with E-state index in [4.69, 9.17) is 0 Å². The van der Waals surface area contributed by atoms with Crippen LogP contribution in [0.3, 0.4) is 0 Å². The van der Waals surface area contributed by atoms with Gasteiger partial charge in [0.1, 0.15) is 0 Å². The Hall–Kier alpha value is -3.46. The molecule has 0 spiro atoms. The number of carbonyl (C=O) groups excluding carboxylic acids is 2. The van der Waals surface area contributed by atoms with Crippen molar-refractivity contribution in [2.45, 2.75) is 0 Å². The monoisotopic (exact) mass is 338 g/mol. The average molecular weight is 338 g/mol. The van der Waals surface area contributed by atoms with Gasteiger partial charge < -0.3 is 0 Å². The van der Waals surface area contributed by atoms with E-state index >= 15 is 0 Å². The van der Waals surface area contributed by atoms with Crippen molar-refractivity contribution in [3.05, 3.63) is 120 Å². The van der Waals surface area contributed by atoms with Gasteiger partial charge in [-0.2, -0.15) is 0 Å². The molecule has 3 aromatic rings. The van der Waals surface area contributed by atoms with Gasteiger partial charge in [-0.1, -0.05) is 72.8 Å². The molecule has 0 fully saturated rings. The molecule has 1 aliphatic heterocycles. The van der Waals surface area contributed by atoms with Crippen LogP contribution >= 0.6 is 0 Å². The standard InChI is InChI=1S/C23H16NO2/c25-21-15-16-22(26)24(21)20-13-11-19(12-14-20)23(17-7-3-1-4-8-17)18-9-5-2-6-10-18/h1-16H. The van der Waals surface area contributed by atoms with E-state index in [2.05, 4.69) is 24.3 Å². The van der Waals surface area contributed by atoms with Crippen LogP contribution in [0.5, 0.6) is 0 Å². The molecule has 0 aromatic heterocycles. The number of benzene rings is 3. The molecule has 1 aliphatic rings. The molecule has 0 unspecified atom stereocenters. The molecule has 0 aliphatic carbocycles. The molecule has 0 saturated heterocycles. The average Bonchev–Trinajstić information content (AvgIpc) is 3.03. The van der Waals surface area contributed by atoms with Gasteiger partial charge >= 0.3 is 0 Å². The third-order valence-corrected chi connectivity index (χ3v) is 4.35. The zero-order valence-corrected chi connectivity index (χ0v) is 14.0. The first-order valence-electron chi connectivity index (χ1n) is 8.38. The number of imide groups is 1. The maximum atomic E-state index is 11.9. The second-order valence-corrected chi connectivity index (χ2v) is 6.00. The van der Waals surface area contributed by atoms with E-state index in [-0.39, 0.29) is 11.8 Å². The first-order valence-corrected chi connectivity index (χ1v) is 8.38. The van der Waals surface area contributed by atoms with Crippen molar-refractivity contribution >= 4 is 17.5 Å². The number of anilines is 1. The van der Waals surface area contributed by atoms with Gasteiger partial charge in [0.15, 0.2) is 0 Å². The Balaban J connectivity index is 1.73. The van der Waals surface area contributed by atoms with E-state index in [1.807, 2.05) is 60.7 Å². The number of hydrogen-bond acceptors (Lipinski definition) is 2. The highest BCUT2D eigenvalue weighted by molar-refractivity contribution is 6.28. The maximum Gasteiger partial charge on any atom is 0.258 e. The van der Waals surface area contributed by atoms with Crippen molar-refractivity contribution in [2.75, 3.05) is 4.90 Å². The van der Waals surface area contributed by atoms with Crippen molar-refractivity contribution in [3.8, 4) is 0 Å². The maximum absolute atomic E-state index is 11.9. The van der Waals surface area contributed by atoms with E-state index in [1.165, 1.54) is 17.1 Å². The lowest BCUT2D eigenvalue weighted by molar-refractivity contribution is -0.119. The van der Waals surface area contributed by atoms with Gasteiger partial charge in [-0.25, -0.2) is 4.90 Å². The molecule has 2 amide bonds. The van der Waals surface area contributed by atoms with Crippen LogP contribution in [0.25, 0.3) is 0 Å². The largest absolute Gasteiger partial charge is 0.269 e. The molecule has 4 rings (SSSR count). The van der Waals surface area contributed by atoms with Crippen LogP contribution in [0.15, 0.2) is 97.1 Å². The third kappa shape index (κ3) is 2.95. The summed E-state index contributed by atoms with van der Waals surface area (Å²) in [4.78, 5) is 24.9. The topological polar surface area (TPSA) is 37.4 Å². The second-order valence-electron chi connectivity index (χ2n) is 6.00. The van der Waals surface area contributed by atoms with Crippen LogP contribution in [0, 0.1) is 5.92 Å². The Morgan fingerprint density at radius 3 is 1.42 bits per heavy atom. The van der Waals surface area contributed by atoms with E-state index < -0.39 is 0 Å². The summed E-state index contributed by atoms with van der Waals surface area (Å²) in [5, 5.41) is 0. The molecular formula is C23H16NO2. The predicted molar refractivity (Wildman–Crippen MR) is 102 cm³/mol. The summed E-state index contributed by atoms with van der Waals surface area (Å²) in [5.74, 6) is 0.492. The van der Waals surface area contributed by atoms with Gasteiger partial charge in [0.25, 0.3) is 11.8 Å². The van der Waals surface area contributed by atoms with Gasteiger partial charge in [0, 0.05) is 12.2 Å². The minimum absolute atomic E-state index is 0.307. The van der Waals surface area contributed by atoms with Gasteiger partial charge in [0.2, 0.25) is 0 Å². The van der Waals surface area contributed by atoms with Crippen molar-refractivity contribution in [1.82, 2.24) is 0 Å². The molecule has 125 valence electrons. The molecule has 26 heavy (non-hydrogen) atoms. The Morgan fingerprint density at radius 2 is 0.962 bits per heavy atom. The lowest BCUT2D eigenvalue weighted by Crippen LogP contribution is -2.29.